The van der Waals surface area contributed by atoms with Gasteiger partial charge in [0.05, 0.1) is 0 Å². The van der Waals surface area contributed by atoms with Gasteiger partial charge in [0.2, 0.25) is 0 Å². The van der Waals surface area contributed by atoms with Gasteiger partial charge in [0.1, 0.15) is 0 Å². The van der Waals surface area contributed by atoms with Crippen LogP contribution in [-0.4, -0.2) is 32.7 Å². The summed E-state index contributed by atoms with van der Waals surface area (Å²) in [7, 11) is 0. The van der Waals surface area contributed by atoms with Crippen molar-refractivity contribution in [2.75, 3.05) is 32.7 Å². The lowest BCUT2D eigenvalue weighted by atomic mass is 10.1. The van der Waals surface area contributed by atoms with Crippen molar-refractivity contribution in [2.45, 2.75) is 64.7 Å². The third kappa shape index (κ3) is 15.9. The van der Waals surface area contributed by atoms with Crippen molar-refractivity contribution < 1.29 is 0 Å². The average molecular weight is 257 g/mol. The fourth-order valence-corrected chi connectivity index (χ4v) is 2.04. The van der Waals surface area contributed by atoms with Crippen molar-refractivity contribution in [1.82, 2.24) is 10.6 Å². The van der Waals surface area contributed by atoms with Gasteiger partial charge in [-0.25, -0.2) is 0 Å². The summed E-state index contributed by atoms with van der Waals surface area (Å²) >= 11 is 0. The van der Waals surface area contributed by atoms with E-state index in [1.165, 1.54) is 57.9 Å². The van der Waals surface area contributed by atoms with Crippen molar-refractivity contribution in [3.63, 3.8) is 0 Å². The van der Waals surface area contributed by atoms with Crippen LogP contribution in [0.2, 0.25) is 0 Å². The second kappa shape index (κ2) is 16.9. The van der Waals surface area contributed by atoms with E-state index in [1.807, 2.05) is 0 Å². The van der Waals surface area contributed by atoms with Gasteiger partial charge in [-0.15, -0.1) is 0 Å². The summed E-state index contributed by atoms with van der Waals surface area (Å²) < 4.78 is 0. The molecular weight excluding hydrogens is 222 g/mol. The van der Waals surface area contributed by atoms with Crippen LogP contribution in [-0.2, 0) is 0 Å². The number of hydrogen-bond acceptors (Lipinski definition) is 3. The maximum absolute atomic E-state index is 5.42. The lowest BCUT2D eigenvalue weighted by Crippen LogP contribution is -2.29. The molecular formula is C15H35N3. The monoisotopic (exact) mass is 257 g/mol. The molecule has 0 aromatic carbocycles. The lowest BCUT2D eigenvalue weighted by Gasteiger charge is -2.06. The molecule has 0 rings (SSSR count). The van der Waals surface area contributed by atoms with Crippen LogP contribution in [0.15, 0.2) is 0 Å². The van der Waals surface area contributed by atoms with Gasteiger partial charge in [-0.05, 0) is 32.5 Å². The van der Waals surface area contributed by atoms with Crippen LogP contribution in [0.5, 0.6) is 0 Å². The Balaban J connectivity index is 2.86. The Morgan fingerprint density at radius 2 is 1.11 bits per heavy atom. The maximum Gasteiger partial charge on any atom is 0.00767 e. The minimum Gasteiger partial charge on any atom is -0.330 e. The molecule has 0 atom stereocenters. The second-order valence-corrected chi connectivity index (χ2v) is 5.12. The molecule has 0 aromatic heterocycles. The first-order valence-electron chi connectivity index (χ1n) is 8.03. The van der Waals surface area contributed by atoms with Gasteiger partial charge >= 0.3 is 0 Å². The first-order valence-corrected chi connectivity index (χ1v) is 8.03. The predicted molar refractivity (Wildman–Crippen MR) is 82.0 cm³/mol. The Labute approximate surface area is 114 Å². The Hall–Kier alpha value is -0.120. The van der Waals surface area contributed by atoms with Gasteiger partial charge in [0.15, 0.2) is 0 Å². The third-order valence-corrected chi connectivity index (χ3v) is 3.24. The molecule has 0 spiro atoms. The molecule has 0 aliphatic carbocycles. The van der Waals surface area contributed by atoms with Crippen LogP contribution in [0, 0.1) is 0 Å². The molecule has 0 aliphatic rings. The molecule has 3 heteroatoms. The van der Waals surface area contributed by atoms with Crippen LogP contribution in [0.1, 0.15) is 64.7 Å². The largest absolute Gasteiger partial charge is 0.330 e. The molecule has 0 bridgehead atoms. The summed E-state index contributed by atoms with van der Waals surface area (Å²) in [5, 5.41) is 6.85. The lowest BCUT2D eigenvalue weighted by molar-refractivity contribution is 0.545. The SMILES string of the molecule is CCCCCCCCCCNCCNCCCN. The fourth-order valence-electron chi connectivity index (χ4n) is 2.04. The van der Waals surface area contributed by atoms with Gasteiger partial charge in [0.25, 0.3) is 0 Å². The number of hydrogen-bond donors (Lipinski definition) is 3. The highest BCUT2D eigenvalue weighted by Crippen LogP contribution is 2.07. The van der Waals surface area contributed by atoms with Crippen LogP contribution >= 0.6 is 0 Å². The van der Waals surface area contributed by atoms with Gasteiger partial charge in [0, 0.05) is 13.1 Å². The van der Waals surface area contributed by atoms with Crippen LogP contribution in [0.3, 0.4) is 0 Å². The number of nitrogens with one attached hydrogen (secondary N) is 2. The van der Waals surface area contributed by atoms with Crippen molar-refractivity contribution in [3.05, 3.63) is 0 Å². The standard InChI is InChI=1S/C15H35N3/c1-2-3-4-5-6-7-8-9-12-17-14-15-18-13-10-11-16/h17-18H,2-16H2,1H3. The van der Waals surface area contributed by atoms with E-state index in [0.717, 1.165) is 32.6 Å². The summed E-state index contributed by atoms with van der Waals surface area (Å²) in [6.07, 6.45) is 12.3. The van der Waals surface area contributed by atoms with Crippen molar-refractivity contribution in [1.29, 1.82) is 0 Å². The van der Waals surface area contributed by atoms with Gasteiger partial charge < -0.3 is 16.4 Å². The van der Waals surface area contributed by atoms with Crippen LogP contribution in [0.25, 0.3) is 0 Å². The first kappa shape index (κ1) is 17.9. The Morgan fingerprint density at radius 1 is 0.611 bits per heavy atom. The summed E-state index contributed by atoms with van der Waals surface area (Å²) in [6.45, 7) is 7.44. The van der Waals surface area contributed by atoms with Gasteiger partial charge in [-0.1, -0.05) is 51.9 Å². The van der Waals surface area contributed by atoms with Crippen LogP contribution in [0.4, 0.5) is 0 Å². The number of unbranched alkanes of at least 4 members (excludes halogenated alkanes) is 7. The molecule has 0 aliphatic heterocycles. The summed E-state index contributed by atoms with van der Waals surface area (Å²) in [5.41, 5.74) is 5.42. The molecule has 0 radical (unpaired) electrons. The first-order chi connectivity index (χ1) is 8.91. The molecule has 110 valence electrons. The van der Waals surface area contributed by atoms with E-state index in [0.29, 0.717) is 0 Å². The van der Waals surface area contributed by atoms with Gasteiger partial charge in [-0.2, -0.15) is 0 Å². The summed E-state index contributed by atoms with van der Waals surface area (Å²) in [4.78, 5) is 0. The van der Waals surface area contributed by atoms with E-state index < -0.39 is 0 Å². The average Bonchev–Trinajstić information content (AvgIpc) is 2.39. The van der Waals surface area contributed by atoms with Crippen molar-refractivity contribution in [2.24, 2.45) is 5.73 Å². The molecule has 0 unspecified atom stereocenters. The zero-order valence-corrected chi connectivity index (χ0v) is 12.5. The highest BCUT2D eigenvalue weighted by Gasteiger charge is 1.92. The van der Waals surface area contributed by atoms with E-state index in [-0.39, 0.29) is 0 Å². The van der Waals surface area contributed by atoms with E-state index in [1.54, 1.807) is 0 Å². The third-order valence-electron chi connectivity index (χ3n) is 3.24. The minimum absolute atomic E-state index is 0.790. The molecule has 3 nitrogen and oxygen atoms in total. The topological polar surface area (TPSA) is 50.1 Å². The minimum atomic E-state index is 0.790. The Kier molecular flexibility index (Phi) is 16.8. The molecule has 0 heterocycles. The molecule has 18 heavy (non-hydrogen) atoms. The molecule has 0 amide bonds. The zero-order valence-electron chi connectivity index (χ0n) is 12.5. The highest BCUT2D eigenvalue weighted by atomic mass is 14.9. The van der Waals surface area contributed by atoms with Gasteiger partial charge in [-0.3, -0.25) is 0 Å². The molecule has 0 aromatic rings. The fraction of sp³-hybridized carbons (Fsp3) is 1.00. The normalized spacial score (nSPS) is 11.0. The molecule has 0 fully saturated rings. The predicted octanol–water partition coefficient (Wildman–Crippen LogP) is 2.66. The smallest absolute Gasteiger partial charge is 0.00767 e. The zero-order chi connectivity index (χ0) is 13.3. The van der Waals surface area contributed by atoms with E-state index in [9.17, 15) is 0 Å². The second-order valence-electron chi connectivity index (χ2n) is 5.12. The Bertz CT molecular complexity index is 124. The highest BCUT2D eigenvalue weighted by molar-refractivity contribution is 4.53. The molecule has 0 saturated carbocycles. The quantitative estimate of drug-likeness (QED) is 0.395. The maximum atomic E-state index is 5.42. The summed E-state index contributed by atoms with van der Waals surface area (Å²) in [6, 6.07) is 0. The van der Waals surface area contributed by atoms with Crippen molar-refractivity contribution >= 4 is 0 Å². The molecule has 0 saturated heterocycles. The Morgan fingerprint density at radius 3 is 1.67 bits per heavy atom. The van der Waals surface area contributed by atoms with E-state index in [2.05, 4.69) is 17.6 Å². The molecule has 4 N–H and O–H groups in total. The van der Waals surface area contributed by atoms with Crippen molar-refractivity contribution in [3.8, 4) is 0 Å². The van der Waals surface area contributed by atoms with E-state index >= 15 is 0 Å². The number of nitrogens with two attached hydrogens (primary N) is 1. The number of rotatable bonds is 15. The van der Waals surface area contributed by atoms with E-state index in [4.69, 9.17) is 5.73 Å². The summed E-state index contributed by atoms with van der Waals surface area (Å²) in [5.74, 6) is 0. The van der Waals surface area contributed by atoms with Crippen LogP contribution < -0.4 is 16.4 Å².